The lowest BCUT2D eigenvalue weighted by molar-refractivity contribution is -0.217. The number of hydrogen-bond acceptors (Lipinski definition) is 18. The summed E-state index contributed by atoms with van der Waals surface area (Å²) >= 11 is 9.50. The van der Waals surface area contributed by atoms with E-state index in [4.69, 9.17) is 39.2 Å². The van der Waals surface area contributed by atoms with E-state index in [1.165, 1.54) is 24.6 Å². The van der Waals surface area contributed by atoms with E-state index in [1.54, 1.807) is 58.8 Å². The molecule has 2 amide bonds. The highest BCUT2D eigenvalue weighted by atomic mass is 32.2. The SMILES string of the molecule is O=C(NCSCCSC/N=C\OOCSCCSCOC(=O)NCSCCSC/N=C/OOCCCO)OCCCO. The van der Waals surface area contributed by atoms with Crippen molar-refractivity contribution in [3.05, 3.63) is 0 Å². The highest BCUT2D eigenvalue weighted by molar-refractivity contribution is 8.03. The van der Waals surface area contributed by atoms with Gasteiger partial charge in [-0.3, -0.25) is 0 Å². The molecule has 14 nitrogen and oxygen atoms in total. The van der Waals surface area contributed by atoms with Crippen molar-refractivity contribution in [3.8, 4) is 0 Å². The number of aliphatic imine (C=N–C) groups is 2. The maximum Gasteiger partial charge on any atom is 0.408 e. The van der Waals surface area contributed by atoms with E-state index in [0.29, 0.717) is 48.9 Å². The summed E-state index contributed by atoms with van der Waals surface area (Å²) in [6, 6.07) is 0. The smallest absolute Gasteiger partial charge is 0.408 e. The van der Waals surface area contributed by atoms with Crippen LogP contribution in [0.25, 0.3) is 0 Å². The Bertz CT molecular complexity index is 677. The van der Waals surface area contributed by atoms with Gasteiger partial charge >= 0.3 is 12.2 Å². The van der Waals surface area contributed by atoms with E-state index >= 15 is 0 Å². The van der Waals surface area contributed by atoms with E-state index in [1.807, 2.05) is 0 Å². The lowest BCUT2D eigenvalue weighted by Gasteiger charge is -2.06. The molecule has 0 fully saturated rings. The molecule has 0 spiro atoms. The van der Waals surface area contributed by atoms with Gasteiger partial charge < -0.3 is 40.1 Å². The molecule has 42 heavy (non-hydrogen) atoms. The van der Waals surface area contributed by atoms with Gasteiger partial charge in [0.25, 0.3) is 0 Å². The van der Waals surface area contributed by atoms with Gasteiger partial charge in [0.1, 0.15) is 11.9 Å². The number of thioether (sulfide) groups is 6. The van der Waals surface area contributed by atoms with Gasteiger partial charge in [0.2, 0.25) is 12.8 Å². The summed E-state index contributed by atoms with van der Waals surface area (Å²) in [5, 5.41) is 22.5. The minimum Gasteiger partial charge on any atom is -0.449 e. The largest absolute Gasteiger partial charge is 0.449 e. The Morgan fingerprint density at radius 3 is 1.74 bits per heavy atom. The zero-order valence-electron chi connectivity index (χ0n) is 23.4. The van der Waals surface area contributed by atoms with Crippen LogP contribution < -0.4 is 10.6 Å². The number of nitrogens with zero attached hydrogens (tertiary/aromatic N) is 2. The lowest BCUT2D eigenvalue weighted by Crippen LogP contribution is -2.24. The molecular weight excluding hydrogens is 673 g/mol. The maximum absolute atomic E-state index is 11.7. The van der Waals surface area contributed by atoms with Crippen molar-refractivity contribution in [1.29, 1.82) is 0 Å². The second-order valence-corrected chi connectivity index (χ2v) is 13.5. The average molecular weight is 715 g/mol. The molecule has 0 aromatic carbocycles. The molecule has 4 N–H and O–H groups in total. The van der Waals surface area contributed by atoms with Gasteiger partial charge in [-0.1, -0.05) is 0 Å². The van der Waals surface area contributed by atoms with Crippen molar-refractivity contribution in [3.63, 3.8) is 0 Å². The number of nitrogens with one attached hydrogen (secondary N) is 2. The number of carbonyl (C=O) groups excluding carboxylic acids is 2. The zero-order valence-corrected chi connectivity index (χ0v) is 28.3. The number of rotatable bonds is 31. The minimum atomic E-state index is -0.473. The molecule has 0 bridgehead atoms. The number of ether oxygens (including phenoxy) is 2. The standard InChI is InChI=1S/C22H42N4O10S6/c27-3-1-5-31-21(29)25-17-39-9-7-38-16-24-14-35-36-20-42-12-11-41-19-32-22(30)26-18-40-10-8-37-15-23-13-34-33-6-2-4-28/h13-14,27-28H,1-12,15-20H2,(H,25,29)(H,26,30)/b23-13+,24-14-. The molecule has 0 aliphatic carbocycles. The summed E-state index contributed by atoms with van der Waals surface area (Å²) in [4.78, 5) is 50.4. The zero-order chi connectivity index (χ0) is 30.6. The van der Waals surface area contributed by atoms with Crippen molar-refractivity contribution in [1.82, 2.24) is 10.6 Å². The van der Waals surface area contributed by atoms with E-state index in [9.17, 15) is 9.59 Å². The molecule has 0 aliphatic rings. The summed E-state index contributed by atoms with van der Waals surface area (Å²) in [5.74, 6) is 7.80. The van der Waals surface area contributed by atoms with Gasteiger partial charge in [-0.25, -0.2) is 19.6 Å². The normalized spacial score (nSPS) is 11.2. The fourth-order valence-corrected chi connectivity index (χ4v) is 6.61. The first-order valence-electron chi connectivity index (χ1n) is 12.7. The summed E-state index contributed by atoms with van der Waals surface area (Å²) in [6.45, 7) is 0.598. The lowest BCUT2D eigenvalue weighted by atomic mass is 10.5. The van der Waals surface area contributed by atoms with E-state index in [2.05, 4.69) is 20.6 Å². The third-order valence-corrected chi connectivity index (χ3v) is 9.42. The second-order valence-electron chi connectivity index (χ2n) is 7.02. The topological polar surface area (TPSA) is 179 Å². The second kappa shape index (κ2) is 36.6. The fraction of sp³-hybridized carbons (Fsp3) is 0.818. The Labute approximate surface area is 272 Å². The van der Waals surface area contributed by atoms with Crippen molar-refractivity contribution in [2.45, 2.75) is 12.8 Å². The van der Waals surface area contributed by atoms with Crippen LogP contribution >= 0.6 is 70.6 Å². The molecule has 0 rings (SSSR count). The van der Waals surface area contributed by atoms with Crippen molar-refractivity contribution in [2.75, 3.05) is 96.3 Å². The van der Waals surface area contributed by atoms with Gasteiger partial charge in [-0.05, 0) is 6.42 Å². The Morgan fingerprint density at radius 2 is 1.12 bits per heavy atom. The van der Waals surface area contributed by atoms with Crippen molar-refractivity contribution >= 4 is 95.6 Å². The maximum atomic E-state index is 11.7. The predicted octanol–water partition coefficient (Wildman–Crippen LogP) is 3.30. The molecule has 0 atom stereocenters. The molecule has 0 aliphatic heterocycles. The van der Waals surface area contributed by atoms with Crippen LogP contribution in [0.2, 0.25) is 0 Å². The van der Waals surface area contributed by atoms with Crippen LogP contribution in [-0.4, -0.2) is 132 Å². The van der Waals surface area contributed by atoms with Crippen LogP contribution in [0.1, 0.15) is 12.8 Å². The summed E-state index contributed by atoms with van der Waals surface area (Å²) in [5.41, 5.74) is 0. The van der Waals surface area contributed by atoms with Gasteiger partial charge in [0.15, 0.2) is 0 Å². The highest BCUT2D eigenvalue weighted by Crippen LogP contribution is 2.09. The van der Waals surface area contributed by atoms with Crippen LogP contribution in [0, 0.1) is 0 Å². The van der Waals surface area contributed by atoms with Crippen LogP contribution in [0.15, 0.2) is 9.98 Å². The molecule has 20 heteroatoms. The van der Waals surface area contributed by atoms with Crippen LogP contribution in [-0.2, 0) is 29.0 Å². The summed E-state index contributed by atoms with van der Waals surface area (Å²) in [6.07, 6.45) is 2.56. The van der Waals surface area contributed by atoms with E-state index < -0.39 is 12.2 Å². The Kier molecular flexibility index (Phi) is 36.1. The molecule has 0 saturated heterocycles. The number of amides is 2. The summed E-state index contributed by atoms with van der Waals surface area (Å²) < 4.78 is 9.96. The predicted molar refractivity (Wildman–Crippen MR) is 178 cm³/mol. The number of aliphatic hydroxyl groups excluding tert-OH is 2. The van der Waals surface area contributed by atoms with Gasteiger partial charge in [0.05, 0.1) is 36.7 Å². The quantitative estimate of drug-likeness (QED) is 0.0205. The molecule has 246 valence electrons. The molecule has 0 radical (unpaired) electrons. The Hall–Kier alpha value is -0.580. The van der Waals surface area contributed by atoms with Gasteiger partial charge in [0, 0.05) is 54.2 Å². The van der Waals surface area contributed by atoms with Crippen molar-refractivity contribution < 1.29 is 48.8 Å². The first-order chi connectivity index (χ1) is 20.7. The third-order valence-electron chi connectivity index (χ3n) is 3.78. The summed E-state index contributed by atoms with van der Waals surface area (Å²) in [7, 11) is 0. The molecule has 0 heterocycles. The highest BCUT2D eigenvalue weighted by Gasteiger charge is 2.02. The Balaban J connectivity index is 3.26. The van der Waals surface area contributed by atoms with E-state index in [0.717, 1.165) is 34.5 Å². The monoisotopic (exact) mass is 714 g/mol. The van der Waals surface area contributed by atoms with Gasteiger partial charge in [-0.2, -0.15) is 9.78 Å². The number of alkyl carbamates (subject to hydrolysis) is 2. The number of hydrogen-bond donors (Lipinski definition) is 4. The van der Waals surface area contributed by atoms with E-state index in [-0.39, 0.29) is 25.8 Å². The molecule has 0 aromatic rings. The molecule has 0 unspecified atom stereocenters. The molecule has 0 aromatic heterocycles. The molecular formula is C22H42N4O10S6. The minimum absolute atomic E-state index is 0.00136. The van der Waals surface area contributed by atoms with Crippen LogP contribution in [0.4, 0.5) is 9.59 Å². The van der Waals surface area contributed by atoms with Crippen molar-refractivity contribution in [2.24, 2.45) is 9.98 Å². The van der Waals surface area contributed by atoms with Crippen LogP contribution in [0.5, 0.6) is 0 Å². The number of aliphatic hydroxyl groups is 2. The first-order valence-corrected chi connectivity index (χ1v) is 19.7. The van der Waals surface area contributed by atoms with Crippen LogP contribution in [0.3, 0.4) is 0 Å². The third kappa shape index (κ3) is 35.6. The average Bonchev–Trinajstić information content (AvgIpc) is 2.99. The first kappa shape index (κ1) is 41.4. The number of carbonyl (C=O) groups is 2. The Morgan fingerprint density at radius 1 is 0.619 bits per heavy atom. The van der Waals surface area contributed by atoms with Gasteiger partial charge in [-0.15, -0.1) is 70.6 Å². The molecule has 0 saturated carbocycles. The fourth-order valence-electron chi connectivity index (χ4n) is 1.91.